The molecule has 6 heteroatoms. The summed E-state index contributed by atoms with van der Waals surface area (Å²) in [6, 6.07) is 7.64. The number of nitrogens with one attached hydrogen (secondary N) is 1. The van der Waals surface area contributed by atoms with Crippen LogP contribution in [0.5, 0.6) is 0 Å². The smallest absolute Gasteiger partial charge is 0.307 e. The van der Waals surface area contributed by atoms with E-state index in [1.807, 2.05) is 35.8 Å². The minimum Gasteiger partial charge on any atom is -0.481 e. The van der Waals surface area contributed by atoms with Gasteiger partial charge in [-0.1, -0.05) is 12.1 Å². The van der Waals surface area contributed by atoms with E-state index in [4.69, 9.17) is 5.11 Å². The van der Waals surface area contributed by atoms with Gasteiger partial charge in [-0.2, -0.15) is 0 Å². The molecule has 1 aromatic carbocycles. The second kappa shape index (κ2) is 4.63. The number of carbonyl (C=O) groups is 2. The molecule has 2 atom stereocenters. The normalized spacial score (nSPS) is 20.9. The van der Waals surface area contributed by atoms with Crippen molar-refractivity contribution in [3.05, 3.63) is 24.3 Å². The average Bonchev–Trinajstić information content (AvgIpc) is 3.15. The highest BCUT2D eigenvalue weighted by Gasteiger charge is 2.48. The number of amides is 1. The Morgan fingerprint density at radius 2 is 2.15 bits per heavy atom. The van der Waals surface area contributed by atoms with Gasteiger partial charge in [0.15, 0.2) is 0 Å². The fourth-order valence-electron chi connectivity index (χ4n) is 2.45. The van der Waals surface area contributed by atoms with Gasteiger partial charge in [-0.05, 0) is 25.5 Å². The molecular weight excluding hydrogens is 258 g/mol. The predicted molar refractivity (Wildman–Crippen MR) is 73.3 cm³/mol. The molecule has 0 bridgehead atoms. The van der Waals surface area contributed by atoms with E-state index in [0.29, 0.717) is 18.9 Å². The third-order valence-corrected chi connectivity index (χ3v) is 3.65. The number of rotatable bonds is 4. The monoisotopic (exact) mass is 273 g/mol. The standard InChI is InChI=1S/C14H15N3O3/c1-2-17-11-6-4-3-5-10(11)15-14(17)16-12(18)8-7-9(8)13(19)20/h3-6,8-9H,2,7H2,1H3,(H,19,20)(H,15,16,18)/t8-,9+/m1/s1. The Hall–Kier alpha value is -2.37. The molecule has 1 fully saturated rings. The number of hydrogen-bond donors (Lipinski definition) is 2. The number of imidazole rings is 1. The summed E-state index contributed by atoms with van der Waals surface area (Å²) < 4.78 is 1.91. The molecule has 2 aromatic rings. The second-order valence-electron chi connectivity index (χ2n) is 4.94. The van der Waals surface area contributed by atoms with Crippen molar-refractivity contribution in [1.82, 2.24) is 9.55 Å². The van der Waals surface area contributed by atoms with Crippen molar-refractivity contribution in [2.24, 2.45) is 11.8 Å². The van der Waals surface area contributed by atoms with Gasteiger partial charge in [-0.15, -0.1) is 0 Å². The molecule has 1 aliphatic carbocycles. The quantitative estimate of drug-likeness (QED) is 0.888. The lowest BCUT2D eigenvalue weighted by molar-refractivity contribution is -0.139. The van der Waals surface area contributed by atoms with Gasteiger partial charge in [0, 0.05) is 6.54 Å². The summed E-state index contributed by atoms with van der Waals surface area (Å²) >= 11 is 0. The summed E-state index contributed by atoms with van der Waals surface area (Å²) in [6.07, 6.45) is 0.410. The van der Waals surface area contributed by atoms with E-state index in [1.54, 1.807) is 0 Å². The van der Waals surface area contributed by atoms with Gasteiger partial charge in [0.05, 0.1) is 22.9 Å². The van der Waals surface area contributed by atoms with Gasteiger partial charge in [-0.25, -0.2) is 4.98 Å². The summed E-state index contributed by atoms with van der Waals surface area (Å²) in [7, 11) is 0. The minimum atomic E-state index is -0.908. The summed E-state index contributed by atoms with van der Waals surface area (Å²) in [5, 5.41) is 11.6. The number of fused-ring (bicyclic) bond motifs is 1. The highest BCUT2D eigenvalue weighted by Crippen LogP contribution is 2.39. The van der Waals surface area contributed by atoms with Crippen LogP contribution in [0.25, 0.3) is 11.0 Å². The minimum absolute atomic E-state index is 0.262. The molecule has 0 saturated heterocycles. The zero-order valence-corrected chi connectivity index (χ0v) is 11.0. The summed E-state index contributed by atoms with van der Waals surface area (Å²) in [6.45, 7) is 2.66. The predicted octanol–water partition coefficient (Wildman–Crippen LogP) is 1.72. The number of carbonyl (C=O) groups excluding carboxylic acids is 1. The fourth-order valence-corrected chi connectivity index (χ4v) is 2.45. The maximum atomic E-state index is 12.0. The Bertz CT molecular complexity index is 692. The molecule has 1 aliphatic rings. The molecule has 6 nitrogen and oxygen atoms in total. The van der Waals surface area contributed by atoms with E-state index in [1.165, 1.54) is 0 Å². The molecule has 1 amide bonds. The number of aryl methyl sites for hydroxylation is 1. The van der Waals surface area contributed by atoms with Gasteiger partial charge in [0.2, 0.25) is 11.9 Å². The Morgan fingerprint density at radius 3 is 2.80 bits per heavy atom. The Kier molecular flexibility index (Phi) is 2.93. The Labute approximate surface area is 115 Å². The van der Waals surface area contributed by atoms with Crippen LogP contribution >= 0.6 is 0 Å². The van der Waals surface area contributed by atoms with Crippen LogP contribution in [0.15, 0.2) is 24.3 Å². The average molecular weight is 273 g/mol. The number of carboxylic acids is 1. The van der Waals surface area contributed by atoms with E-state index in [0.717, 1.165) is 11.0 Å². The van der Waals surface area contributed by atoms with Crippen molar-refractivity contribution < 1.29 is 14.7 Å². The van der Waals surface area contributed by atoms with E-state index in [9.17, 15) is 9.59 Å². The largest absolute Gasteiger partial charge is 0.481 e. The zero-order valence-electron chi connectivity index (χ0n) is 11.0. The Balaban J connectivity index is 1.84. The van der Waals surface area contributed by atoms with Crippen molar-refractivity contribution in [1.29, 1.82) is 0 Å². The third kappa shape index (κ3) is 2.03. The van der Waals surface area contributed by atoms with Crippen molar-refractivity contribution in [2.75, 3.05) is 5.32 Å². The molecule has 104 valence electrons. The summed E-state index contributed by atoms with van der Waals surface area (Å²) in [4.78, 5) is 27.2. The third-order valence-electron chi connectivity index (χ3n) is 3.65. The maximum absolute atomic E-state index is 12.0. The van der Waals surface area contributed by atoms with E-state index in [-0.39, 0.29) is 5.91 Å². The van der Waals surface area contributed by atoms with E-state index in [2.05, 4.69) is 10.3 Å². The van der Waals surface area contributed by atoms with Crippen LogP contribution in [0.2, 0.25) is 0 Å². The molecule has 1 saturated carbocycles. The first-order chi connectivity index (χ1) is 9.61. The number of aliphatic carboxylic acids is 1. The molecule has 3 rings (SSSR count). The summed E-state index contributed by atoms with van der Waals surface area (Å²) in [5.74, 6) is -1.67. The topological polar surface area (TPSA) is 84.2 Å². The number of hydrogen-bond acceptors (Lipinski definition) is 3. The fraction of sp³-hybridized carbons (Fsp3) is 0.357. The van der Waals surface area contributed by atoms with Gasteiger partial charge < -0.3 is 9.67 Å². The zero-order chi connectivity index (χ0) is 14.3. The van der Waals surface area contributed by atoms with Gasteiger partial charge in [-0.3, -0.25) is 14.9 Å². The van der Waals surface area contributed by atoms with Crippen LogP contribution in [0.3, 0.4) is 0 Å². The molecule has 1 aromatic heterocycles. The first-order valence-electron chi connectivity index (χ1n) is 6.60. The summed E-state index contributed by atoms with van der Waals surface area (Å²) in [5.41, 5.74) is 1.77. The number of benzene rings is 1. The number of carboxylic acid groups (broad SMARTS) is 1. The van der Waals surface area contributed by atoms with Crippen LogP contribution < -0.4 is 5.32 Å². The molecule has 20 heavy (non-hydrogen) atoms. The molecular formula is C14H15N3O3. The molecule has 0 radical (unpaired) electrons. The van der Waals surface area contributed by atoms with Crippen LogP contribution in [0.4, 0.5) is 5.95 Å². The van der Waals surface area contributed by atoms with Crippen LogP contribution in [-0.2, 0) is 16.1 Å². The van der Waals surface area contributed by atoms with Crippen LogP contribution in [0, 0.1) is 11.8 Å². The molecule has 0 spiro atoms. The van der Waals surface area contributed by atoms with Gasteiger partial charge in [0.1, 0.15) is 0 Å². The van der Waals surface area contributed by atoms with Gasteiger partial charge in [0.25, 0.3) is 0 Å². The molecule has 0 unspecified atom stereocenters. The number of anilines is 1. The second-order valence-corrected chi connectivity index (χ2v) is 4.94. The van der Waals surface area contributed by atoms with Crippen molar-refractivity contribution in [3.8, 4) is 0 Å². The molecule has 1 heterocycles. The first-order valence-corrected chi connectivity index (χ1v) is 6.60. The first kappa shape index (κ1) is 12.7. The lowest BCUT2D eigenvalue weighted by Gasteiger charge is -2.07. The number of aromatic nitrogens is 2. The maximum Gasteiger partial charge on any atom is 0.307 e. The number of nitrogens with zero attached hydrogens (tertiary/aromatic N) is 2. The van der Waals surface area contributed by atoms with Crippen LogP contribution in [0.1, 0.15) is 13.3 Å². The Morgan fingerprint density at radius 1 is 1.40 bits per heavy atom. The van der Waals surface area contributed by atoms with Crippen molar-refractivity contribution in [2.45, 2.75) is 19.9 Å². The SMILES string of the molecule is CCn1c(NC(=O)[C@@H]2C[C@@H]2C(=O)O)nc2ccccc21. The highest BCUT2D eigenvalue weighted by molar-refractivity contribution is 5.98. The molecule has 0 aliphatic heterocycles. The van der Waals surface area contributed by atoms with Crippen molar-refractivity contribution >= 4 is 28.9 Å². The number of para-hydroxylation sites is 2. The van der Waals surface area contributed by atoms with E-state index < -0.39 is 17.8 Å². The highest BCUT2D eigenvalue weighted by atomic mass is 16.4. The lowest BCUT2D eigenvalue weighted by Crippen LogP contribution is -2.19. The van der Waals surface area contributed by atoms with Crippen LogP contribution in [-0.4, -0.2) is 26.5 Å². The van der Waals surface area contributed by atoms with Crippen molar-refractivity contribution in [3.63, 3.8) is 0 Å². The van der Waals surface area contributed by atoms with E-state index >= 15 is 0 Å². The van der Waals surface area contributed by atoms with Gasteiger partial charge >= 0.3 is 5.97 Å². The lowest BCUT2D eigenvalue weighted by atomic mass is 10.3. The molecule has 2 N–H and O–H groups in total.